The minimum absolute atomic E-state index is 0.0444. The Morgan fingerprint density at radius 3 is 3.00 bits per heavy atom. The van der Waals surface area contributed by atoms with Gasteiger partial charge in [0.15, 0.2) is 0 Å². The van der Waals surface area contributed by atoms with E-state index in [2.05, 4.69) is 0 Å². The zero-order valence-corrected chi connectivity index (χ0v) is 10.9. The average Bonchev–Trinajstić information content (AvgIpc) is 2.38. The number of ether oxygens (including phenoxy) is 2. The number of amidine groups is 1. The molecule has 5 heteroatoms. The maximum Gasteiger partial charge on any atom is 0.130 e. The molecule has 3 N–H and O–H groups in total. The van der Waals surface area contributed by atoms with Crippen LogP contribution in [0, 0.1) is 5.41 Å². The molecule has 1 unspecified atom stereocenters. The minimum atomic E-state index is -0.0444. The summed E-state index contributed by atoms with van der Waals surface area (Å²) in [6.45, 7) is 1.29. The number of benzene rings is 1. The van der Waals surface area contributed by atoms with Crippen molar-refractivity contribution in [2.24, 2.45) is 5.73 Å². The van der Waals surface area contributed by atoms with Gasteiger partial charge in [-0.25, -0.2) is 0 Å². The van der Waals surface area contributed by atoms with Crippen LogP contribution in [0.2, 0.25) is 5.02 Å². The van der Waals surface area contributed by atoms with Crippen LogP contribution >= 0.6 is 11.6 Å². The molecule has 2 rings (SSSR count). The van der Waals surface area contributed by atoms with Gasteiger partial charge in [-0.1, -0.05) is 11.6 Å². The molecule has 1 aliphatic rings. The van der Waals surface area contributed by atoms with Crippen LogP contribution in [0.3, 0.4) is 0 Å². The maximum atomic E-state index is 7.50. The highest BCUT2D eigenvalue weighted by Crippen LogP contribution is 2.23. The van der Waals surface area contributed by atoms with Gasteiger partial charge in [0.1, 0.15) is 18.2 Å². The molecular weight excluding hydrogens is 252 g/mol. The zero-order chi connectivity index (χ0) is 13.0. The summed E-state index contributed by atoms with van der Waals surface area (Å²) < 4.78 is 11.3. The van der Waals surface area contributed by atoms with Crippen LogP contribution in [0.4, 0.5) is 0 Å². The lowest BCUT2D eigenvalue weighted by Gasteiger charge is -2.23. The third kappa shape index (κ3) is 3.37. The van der Waals surface area contributed by atoms with Gasteiger partial charge >= 0.3 is 0 Å². The number of hydrogen-bond acceptors (Lipinski definition) is 3. The molecule has 1 heterocycles. The maximum absolute atomic E-state index is 7.50. The van der Waals surface area contributed by atoms with Gasteiger partial charge in [0.25, 0.3) is 0 Å². The third-order valence-electron chi connectivity index (χ3n) is 2.93. The molecule has 0 saturated carbocycles. The number of halogens is 1. The average molecular weight is 269 g/mol. The van der Waals surface area contributed by atoms with Crippen molar-refractivity contribution >= 4 is 17.4 Å². The highest BCUT2D eigenvalue weighted by atomic mass is 35.5. The SMILES string of the molecule is N=C(N)c1cc(Cl)ccc1OCC1CCCCO1. The van der Waals surface area contributed by atoms with E-state index in [4.69, 9.17) is 32.2 Å². The predicted molar refractivity (Wildman–Crippen MR) is 71.6 cm³/mol. The summed E-state index contributed by atoms with van der Waals surface area (Å²) in [6, 6.07) is 5.11. The standard InChI is InChI=1S/C13H17ClN2O2/c14-9-4-5-12(11(7-9)13(15)16)18-8-10-3-1-2-6-17-10/h4-5,7,10H,1-3,6,8H2,(H3,15,16). The molecule has 0 aliphatic carbocycles. The number of nitrogen functional groups attached to an aromatic ring is 1. The Morgan fingerprint density at radius 1 is 1.50 bits per heavy atom. The van der Waals surface area contributed by atoms with Gasteiger partial charge in [-0.05, 0) is 37.5 Å². The minimum Gasteiger partial charge on any atom is -0.490 e. The Balaban J connectivity index is 2.01. The smallest absolute Gasteiger partial charge is 0.130 e. The summed E-state index contributed by atoms with van der Waals surface area (Å²) in [5.41, 5.74) is 6.03. The molecule has 1 aromatic carbocycles. The summed E-state index contributed by atoms with van der Waals surface area (Å²) in [7, 11) is 0. The lowest BCUT2D eigenvalue weighted by Crippen LogP contribution is -2.26. The second kappa shape index (κ2) is 6.07. The summed E-state index contributed by atoms with van der Waals surface area (Å²) >= 11 is 5.88. The summed E-state index contributed by atoms with van der Waals surface area (Å²) in [5, 5.41) is 8.05. The molecular formula is C13H17ClN2O2. The Labute approximate surface area is 112 Å². The molecule has 4 nitrogen and oxygen atoms in total. The van der Waals surface area contributed by atoms with Crippen molar-refractivity contribution in [2.45, 2.75) is 25.4 Å². The van der Waals surface area contributed by atoms with E-state index >= 15 is 0 Å². The number of nitrogens with one attached hydrogen (secondary N) is 1. The molecule has 1 saturated heterocycles. The van der Waals surface area contributed by atoms with Crippen LogP contribution in [-0.4, -0.2) is 25.2 Å². The summed E-state index contributed by atoms with van der Waals surface area (Å²) in [4.78, 5) is 0. The largest absolute Gasteiger partial charge is 0.490 e. The van der Waals surface area contributed by atoms with Crippen LogP contribution < -0.4 is 10.5 Å². The zero-order valence-electron chi connectivity index (χ0n) is 10.1. The first-order valence-electron chi connectivity index (χ1n) is 6.05. The van der Waals surface area contributed by atoms with E-state index in [9.17, 15) is 0 Å². The molecule has 1 aliphatic heterocycles. The van der Waals surface area contributed by atoms with Crippen molar-refractivity contribution in [3.63, 3.8) is 0 Å². The predicted octanol–water partition coefficient (Wildman–Crippen LogP) is 2.57. The summed E-state index contributed by atoms with van der Waals surface area (Å²) in [6.07, 6.45) is 3.45. The van der Waals surface area contributed by atoms with Crippen molar-refractivity contribution in [2.75, 3.05) is 13.2 Å². The molecule has 0 radical (unpaired) electrons. The molecule has 98 valence electrons. The third-order valence-corrected chi connectivity index (χ3v) is 3.17. The Bertz CT molecular complexity index is 431. The number of rotatable bonds is 4. The molecule has 18 heavy (non-hydrogen) atoms. The van der Waals surface area contributed by atoms with E-state index in [0.29, 0.717) is 22.9 Å². The van der Waals surface area contributed by atoms with E-state index in [1.54, 1.807) is 18.2 Å². The van der Waals surface area contributed by atoms with Crippen molar-refractivity contribution < 1.29 is 9.47 Å². The van der Waals surface area contributed by atoms with Crippen LogP contribution in [0.1, 0.15) is 24.8 Å². The van der Waals surface area contributed by atoms with Crippen molar-refractivity contribution in [3.8, 4) is 5.75 Å². The van der Waals surface area contributed by atoms with Crippen molar-refractivity contribution in [3.05, 3.63) is 28.8 Å². The quantitative estimate of drug-likeness (QED) is 0.651. The fourth-order valence-corrected chi connectivity index (χ4v) is 2.13. The van der Waals surface area contributed by atoms with Gasteiger partial charge in [-0.2, -0.15) is 0 Å². The first kappa shape index (κ1) is 13.2. The lowest BCUT2D eigenvalue weighted by molar-refractivity contribution is -0.0111. The number of nitrogens with two attached hydrogens (primary N) is 1. The topological polar surface area (TPSA) is 68.3 Å². The van der Waals surface area contributed by atoms with Gasteiger partial charge in [-0.15, -0.1) is 0 Å². The van der Waals surface area contributed by atoms with Crippen LogP contribution in [-0.2, 0) is 4.74 Å². The Kier molecular flexibility index (Phi) is 4.44. The molecule has 1 atom stereocenters. The van der Waals surface area contributed by atoms with Gasteiger partial charge in [-0.3, -0.25) is 5.41 Å². The highest BCUT2D eigenvalue weighted by Gasteiger charge is 2.16. The number of hydrogen-bond donors (Lipinski definition) is 2. The molecule has 1 fully saturated rings. The molecule has 0 spiro atoms. The van der Waals surface area contributed by atoms with Gasteiger partial charge < -0.3 is 15.2 Å². The fraction of sp³-hybridized carbons (Fsp3) is 0.462. The highest BCUT2D eigenvalue weighted by molar-refractivity contribution is 6.31. The van der Waals surface area contributed by atoms with E-state index in [0.717, 1.165) is 19.4 Å². The normalized spacial score (nSPS) is 19.5. The van der Waals surface area contributed by atoms with Crippen LogP contribution in [0.5, 0.6) is 5.75 Å². The van der Waals surface area contributed by atoms with Crippen LogP contribution in [0.15, 0.2) is 18.2 Å². The second-order valence-electron chi connectivity index (χ2n) is 4.35. The van der Waals surface area contributed by atoms with Crippen molar-refractivity contribution in [1.82, 2.24) is 0 Å². The van der Waals surface area contributed by atoms with E-state index in [1.165, 1.54) is 6.42 Å². The fourth-order valence-electron chi connectivity index (χ4n) is 1.96. The first-order valence-corrected chi connectivity index (χ1v) is 6.43. The molecule has 0 aromatic heterocycles. The monoisotopic (exact) mass is 268 g/mol. The lowest BCUT2D eigenvalue weighted by atomic mass is 10.1. The first-order chi connectivity index (χ1) is 8.66. The van der Waals surface area contributed by atoms with E-state index in [-0.39, 0.29) is 11.9 Å². The summed E-state index contributed by atoms with van der Waals surface area (Å²) in [5.74, 6) is 0.540. The van der Waals surface area contributed by atoms with Gasteiger partial charge in [0.2, 0.25) is 0 Å². The Hall–Kier alpha value is -1.26. The molecule has 1 aromatic rings. The Morgan fingerprint density at radius 2 is 2.33 bits per heavy atom. The molecule has 0 amide bonds. The van der Waals surface area contributed by atoms with E-state index in [1.807, 2.05) is 0 Å². The van der Waals surface area contributed by atoms with Crippen LogP contribution in [0.25, 0.3) is 0 Å². The van der Waals surface area contributed by atoms with Gasteiger partial charge in [0, 0.05) is 11.6 Å². The van der Waals surface area contributed by atoms with E-state index < -0.39 is 0 Å². The van der Waals surface area contributed by atoms with Crippen molar-refractivity contribution in [1.29, 1.82) is 5.41 Å². The van der Waals surface area contributed by atoms with Gasteiger partial charge in [0.05, 0.1) is 11.7 Å². The second-order valence-corrected chi connectivity index (χ2v) is 4.79. The molecule has 0 bridgehead atoms.